The third kappa shape index (κ3) is 3.85. The van der Waals surface area contributed by atoms with Gasteiger partial charge in [0.15, 0.2) is 0 Å². The Morgan fingerprint density at radius 2 is 1.84 bits per heavy atom. The summed E-state index contributed by atoms with van der Waals surface area (Å²) >= 11 is 0. The van der Waals surface area contributed by atoms with Gasteiger partial charge in [0.2, 0.25) is 15.9 Å². The quantitative estimate of drug-likeness (QED) is 0.806. The Kier molecular flexibility index (Phi) is 5.11. The lowest BCUT2D eigenvalue weighted by Gasteiger charge is -2.15. The minimum absolute atomic E-state index is 0.216. The summed E-state index contributed by atoms with van der Waals surface area (Å²) in [5, 5.41) is 0. The van der Waals surface area contributed by atoms with Crippen LogP contribution in [-0.2, 0) is 10.0 Å². The molecule has 6 heteroatoms. The van der Waals surface area contributed by atoms with Gasteiger partial charge in [-0.25, -0.2) is 13.4 Å². The zero-order valence-corrected chi connectivity index (χ0v) is 15.7. The topological polar surface area (TPSA) is 59.5 Å². The van der Waals surface area contributed by atoms with E-state index in [0.717, 1.165) is 12.8 Å². The fraction of sp³-hybridized carbons (Fsp3) is 0.421. The standard InChI is InChI=1S/C19H24N2O3S/c1-14(2)18-8-6-16(12-15(18)3)24-19-9-7-17(13-20-19)25(22,23)21-10-4-5-11-21/h6-9,12-14H,4-5,10-11H2,1-3H3. The number of benzene rings is 1. The van der Waals surface area contributed by atoms with Gasteiger partial charge in [0.1, 0.15) is 10.6 Å². The van der Waals surface area contributed by atoms with Crippen molar-refractivity contribution in [2.24, 2.45) is 0 Å². The van der Waals surface area contributed by atoms with Crippen LogP contribution in [0, 0.1) is 6.92 Å². The number of pyridine rings is 1. The van der Waals surface area contributed by atoms with Gasteiger partial charge in [0.05, 0.1) is 6.20 Å². The van der Waals surface area contributed by atoms with Crippen molar-refractivity contribution in [1.29, 1.82) is 0 Å². The van der Waals surface area contributed by atoms with E-state index in [1.54, 1.807) is 12.1 Å². The zero-order chi connectivity index (χ0) is 18.0. The number of aromatic nitrogens is 1. The van der Waals surface area contributed by atoms with E-state index < -0.39 is 10.0 Å². The average Bonchev–Trinajstić information content (AvgIpc) is 3.10. The monoisotopic (exact) mass is 360 g/mol. The van der Waals surface area contributed by atoms with E-state index in [1.807, 2.05) is 12.1 Å². The summed E-state index contributed by atoms with van der Waals surface area (Å²) in [6.45, 7) is 7.54. The summed E-state index contributed by atoms with van der Waals surface area (Å²) in [7, 11) is -3.43. The molecule has 134 valence electrons. The molecule has 0 radical (unpaired) electrons. The van der Waals surface area contributed by atoms with Gasteiger partial charge < -0.3 is 4.74 Å². The van der Waals surface area contributed by atoms with Crippen LogP contribution in [0.4, 0.5) is 0 Å². The highest BCUT2D eigenvalue weighted by Gasteiger charge is 2.27. The maximum absolute atomic E-state index is 12.5. The van der Waals surface area contributed by atoms with Crippen LogP contribution < -0.4 is 4.74 Å². The smallest absolute Gasteiger partial charge is 0.244 e. The van der Waals surface area contributed by atoms with Gasteiger partial charge in [-0.2, -0.15) is 4.31 Å². The molecule has 1 aromatic carbocycles. The summed E-state index contributed by atoms with van der Waals surface area (Å²) < 4.78 is 32.3. The van der Waals surface area contributed by atoms with Crippen LogP contribution in [0.1, 0.15) is 43.7 Å². The first kappa shape index (κ1) is 17.9. The molecule has 1 aromatic heterocycles. The number of hydrogen-bond donors (Lipinski definition) is 0. The average molecular weight is 360 g/mol. The fourth-order valence-electron chi connectivity index (χ4n) is 3.14. The van der Waals surface area contributed by atoms with E-state index in [0.29, 0.717) is 30.6 Å². The van der Waals surface area contributed by atoms with E-state index in [2.05, 4.69) is 31.8 Å². The molecule has 0 unspecified atom stereocenters. The van der Waals surface area contributed by atoms with Crippen LogP contribution >= 0.6 is 0 Å². The lowest BCUT2D eigenvalue weighted by Crippen LogP contribution is -2.27. The van der Waals surface area contributed by atoms with Crippen LogP contribution in [-0.4, -0.2) is 30.8 Å². The normalized spacial score (nSPS) is 15.7. The second kappa shape index (κ2) is 7.14. The summed E-state index contributed by atoms with van der Waals surface area (Å²) in [6, 6.07) is 9.12. The molecule has 0 atom stereocenters. The fourth-order valence-corrected chi connectivity index (χ4v) is 4.60. The number of sulfonamides is 1. The van der Waals surface area contributed by atoms with Crippen molar-refractivity contribution in [1.82, 2.24) is 9.29 Å². The summed E-state index contributed by atoms with van der Waals surface area (Å²) in [6.07, 6.45) is 3.21. The lowest BCUT2D eigenvalue weighted by atomic mass is 9.98. The number of hydrogen-bond acceptors (Lipinski definition) is 4. The molecule has 1 fully saturated rings. The number of rotatable bonds is 5. The van der Waals surface area contributed by atoms with Crippen LogP contribution in [0.5, 0.6) is 11.6 Å². The largest absolute Gasteiger partial charge is 0.439 e. The molecule has 2 heterocycles. The van der Waals surface area contributed by atoms with E-state index in [-0.39, 0.29) is 4.90 Å². The van der Waals surface area contributed by atoms with Crippen LogP contribution in [0.2, 0.25) is 0 Å². The Balaban J connectivity index is 1.76. The first-order valence-corrected chi connectivity index (χ1v) is 10.1. The molecule has 0 bridgehead atoms. The Bertz CT molecular complexity index is 839. The second-order valence-electron chi connectivity index (χ2n) is 6.72. The molecule has 0 spiro atoms. The van der Waals surface area contributed by atoms with Gasteiger partial charge in [-0.15, -0.1) is 0 Å². The Morgan fingerprint density at radius 1 is 1.12 bits per heavy atom. The summed E-state index contributed by atoms with van der Waals surface area (Å²) in [5.74, 6) is 1.55. The summed E-state index contributed by atoms with van der Waals surface area (Å²) in [5.41, 5.74) is 2.45. The van der Waals surface area contributed by atoms with Gasteiger partial charge in [0, 0.05) is 19.2 Å². The van der Waals surface area contributed by atoms with Gasteiger partial charge in [-0.1, -0.05) is 19.9 Å². The van der Waals surface area contributed by atoms with E-state index >= 15 is 0 Å². The van der Waals surface area contributed by atoms with Crippen molar-refractivity contribution in [3.63, 3.8) is 0 Å². The Morgan fingerprint density at radius 3 is 2.40 bits per heavy atom. The van der Waals surface area contributed by atoms with E-state index in [4.69, 9.17) is 4.74 Å². The van der Waals surface area contributed by atoms with E-state index in [9.17, 15) is 8.42 Å². The molecule has 25 heavy (non-hydrogen) atoms. The molecule has 1 aliphatic heterocycles. The zero-order valence-electron chi connectivity index (χ0n) is 14.9. The highest BCUT2D eigenvalue weighted by atomic mass is 32.2. The molecule has 0 N–H and O–H groups in total. The predicted molar refractivity (Wildman–Crippen MR) is 97.6 cm³/mol. The van der Waals surface area contributed by atoms with Crippen LogP contribution in [0.25, 0.3) is 0 Å². The SMILES string of the molecule is Cc1cc(Oc2ccc(S(=O)(=O)N3CCCC3)cn2)ccc1C(C)C. The first-order chi connectivity index (χ1) is 11.9. The minimum Gasteiger partial charge on any atom is -0.439 e. The maximum Gasteiger partial charge on any atom is 0.244 e. The maximum atomic E-state index is 12.5. The molecule has 3 rings (SSSR count). The highest BCUT2D eigenvalue weighted by Crippen LogP contribution is 2.27. The highest BCUT2D eigenvalue weighted by molar-refractivity contribution is 7.89. The molecule has 0 amide bonds. The molecule has 5 nitrogen and oxygen atoms in total. The lowest BCUT2D eigenvalue weighted by molar-refractivity contribution is 0.459. The third-order valence-corrected chi connectivity index (χ3v) is 6.38. The third-order valence-electron chi connectivity index (χ3n) is 4.50. The number of aryl methyl sites for hydroxylation is 1. The molecular weight excluding hydrogens is 336 g/mol. The Labute approximate surface area is 149 Å². The second-order valence-corrected chi connectivity index (χ2v) is 8.66. The molecule has 0 aliphatic carbocycles. The van der Waals surface area contributed by atoms with Gasteiger partial charge in [-0.05, 0) is 55.0 Å². The van der Waals surface area contributed by atoms with Crippen molar-refractivity contribution in [2.45, 2.75) is 44.4 Å². The summed E-state index contributed by atoms with van der Waals surface area (Å²) in [4.78, 5) is 4.39. The number of ether oxygens (including phenoxy) is 1. The minimum atomic E-state index is -3.43. The molecule has 1 aliphatic rings. The number of nitrogens with zero attached hydrogens (tertiary/aromatic N) is 2. The van der Waals surface area contributed by atoms with E-state index in [1.165, 1.54) is 21.6 Å². The van der Waals surface area contributed by atoms with Gasteiger partial charge in [0.25, 0.3) is 0 Å². The predicted octanol–water partition coefficient (Wildman–Crippen LogP) is 4.09. The van der Waals surface area contributed by atoms with Gasteiger partial charge in [-0.3, -0.25) is 0 Å². The Hall–Kier alpha value is -1.92. The van der Waals surface area contributed by atoms with Crippen LogP contribution in [0.3, 0.4) is 0 Å². The molecule has 1 saturated heterocycles. The van der Waals surface area contributed by atoms with Gasteiger partial charge >= 0.3 is 0 Å². The van der Waals surface area contributed by atoms with Crippen molar-refractivity contribution >= 4 is 10.0 Å². The van der Waals surface area contributed by atoms with Crippen molar-refractivity contribution < 1.29 is 13.2 Å². The van der Waals surface area contributed by atoms with Crippen molar-refractivity contribution in [2.75, 3.05) is 13.1 Å². The molecule has 2 aromatic rings. The van der Waals surface area contributed by atoms with Crippen molar-refractivity contribution in [3.8, 4) is 11.6 Å². The first-order valence-electron chi connectivity index (χ1n) is 8.62. The van der Waals surface area contributed by atoms with Crippen molar-refractivity contribution in [3.05, 3.63) is 47.7 Å². The molecule has 0 saturated carbocycles. The molecular formula is C19H24N2O3S. The van der Waals surface area contributed by atoms with Crippen LogP contribution in [0.15, 0.2) is 41.4 Å².